The van der Waals surface area contributed by atoms with Crippen molar-refractivity contribution in [3.8, 4) is 0 Å². The van der Waals surface area contributed by atoms with Crippen LogP contribution < -0.4 is 5.73 Å². The molecule has 0 spiro atoms. The second kappa shape index (κ2) is 5.36. The van der Waals surface area contributed by atoms with Crippen molar-refractivity contribution in [3.05, 3.63) is 10.6 Å². The van der Waals surface area contributed by atoms with Gasteiger partial charge in [-0.1, -0.05) is 0 Å². The molecule has 0 bridgehead atoms. The van der Waals surface area contributed by atoms with Gasteiger partial charge in [-0.3, -0.25) is 5.10 Å². The zero-order valence-corrected chi connectivity index (χ0v) is 9.41. The van der Waals surface area contributed by atoms with Gasteiger partial charge in [0.1, 0.15) is 5.82 Å². The van der Waals surface area contributed by atoms with Gasteiger partial charge in [0.05, 0.1) is 0 Å². The summed E-state index contributed by atoms with van der Waals surface area (Å²) in [7, 11) is 0. The highest BCUT2D eigenvalue weighted by atomic mass is 35.5. The Morgan fingerprint density at radius 2 is 2.23 bits per heavy atom. The number of rotatable bonds is 3. The Hall–Kier alpha value is -0.390. The number of H-pyrrole nitrogens is 1. The first-order valence-corrected chi connectivity index (χ1v) is 4.43. The molecule has 0 aliphatic heterocycles. The monoisotopic (exact) mass is 222 g/mol. The van der Waals surface area contributed by atoms with Gasteiger partial charge in [0, 0.05) is 12.5 Å². The molecule has 0 saturated carbocycles. The van der Waals surface area contributed by atoms with Gasteiger partial charge in [0.15, 0.2) is 4.77 Å². The molecule has 0 amide bonds. The molecule has 0 aromatic carbocycles. The van der Waals surface area contributed by atoms with E-state index in [9.17, 15) is 0 Å². The molecule has 1 rings (SSSR count). The summed E-state index contributed by atoms with van der Waals surface area (Å²) in [6.07, 6.45) is 0.769. The molecule has 0 radical (unpaired) electrons. The smallest absolute Gasteiger partial charge is 0.195 e. The lowest BCUT2D eigenvalue weighted by Crippen LogP contribution is -2.11. The average Bonchev–Trinajstić information content (AvgIpc) is 2.32. The Morgan fingerprint density at radius 3 is 2.69 bits per heavy atom. The second-order valence-corrected chi connectivity index (χ2v) is 3.33. The number of hydrogen-bond acceptors (Lipinski definition) is 3. The van der Waals surface area contributed by atoms with Crippen LogP contribution in [0.3, 0.4) is 0 Å². The lowest BCUT2D eigenvalue weighted by Gasteiger charge is -2.08. The quantitative estimate of drug-likeness (QED) is 0.761. The number of halogens is 1. The molecule has 1 aromatic heterocycles. The second-order valence-electron chi connectivity index (χ2n) is 2.95. The maximum absolute atomic E-state index is 5.44. The summed E-state index contributed by atoms with van der Waals surface area (Å²) in [6.45, 7) is 4.75. The normalized spacial score (nSPS) is 10.2. The molecule has 3 N–H and O–H groups in total. The van der Waals surface area contributed by atoms with Crippen LogP contribution >= 0.6 is 24.6 Å². The van der Waals surface area contributed by atoms with Gasteiger partial charge in [0.2, 0.25) is 0 Å². The van der Waals surface area contributed by atoms with E-state index in [1.165, 1.54) is 0 Å². The van der Waals surface area contributed by atoms with Gasteiger partial charge < -0.3 is 10.3 Å². The van der Waals surface area contributed by atoms with Gasteiger partial charge in [-0.15, -0.1) is 12.4 Å². The third-order valence-electron chi connectivity index (χ3n) is 1.66. The summed E-state index contributed by atoms with van der Waals surface area (Å²) in [5.74, 6) is 0.942. The van der Waals surface area contributed by atoms with Crippen molar-refractivity contribution in [3.63, 3.8) is 0 Å². The van der Waals surface area contributed by atoms with Crippen molar-refractivity contribution >= 4 is 24.6 Å². The Kier molecular flexibility index (Phi) is 5.20. The number of nitrogens with zero attached hydrogens (tertiary/aromatic N) is 2. The molecule has 0 aliphatic carbocycles. The molecule has 1 aromatic rings. The third-order valence-corrected chi connectivity index (χ3v) is 1.95. The van der Waals surface area contributed by atoms with Crippen LogP contribution in [0.1, 0.15) is 25.7 Å². The summed E-state index contributed by atoms with van der Waals surface area (Å²) in [5, 5.41) is 6.86. The van der Waals surface area contributed by atoms with Gasteiger partial charge in [0.25, 0.3) is 0 Å². The van der Waals surface area contributed by atoms with E-state index >= 15 is 0 Å². The lowest BCUT2D eigenvalue weighted by molar-refractivity contribution is 0.561. The van der Waals surface area contributed by atoms with E-state index in [2.05, 4.69) is 24.0 Å². The molecule has 0 atom stereocenters. The van der Waals surface area contributed by atoms with E-state index in [1.807, 2.05) is 4.57 Å². The first-order valence-electron chi connectivity index (χ1n) is 4.02. The largest absolute Gasteiger partial charge is 0.330 e. The molecule has 4 nitrogen and oxygen atoms in total. The summed E-state index contributed by atoms with van der Waals surface area (Å²) < 4.78 is 2.66. The first kappa shape index (κ1) is 12.6. The van der Waals surface area contributed by atoms with Crippen molar-refractivity contribution in [2.45, 2.75) is 26.3 Å². The number of aromatic amines is 1. The molecule has 0 unspecified atom stereocenters. The Bertz CT molecular complexity index is 304. The number of nitrogens with one attached hydrogen (secondary N) is 1. The maximum Gasteiger partial charge on any atom is 0.195 e. The van der Waals surface area contributed by atoms with Crippen LogP contribution in [0.25, 0.3) is 0 Å². The summed E-state index contributed by atoms with van der Waals surface area (Å²) in [4.78, 5) is 0. The number of aromatic nitrogens is 3. The van der Waals surface area contributed by atoms with Crippen molar-refractivity contribution in [1.82, 2.24) is 14.8 Å². The summed E-state index contributed by atoms with van der Waals surface area (Å²) in [5.41, 5.74) is 5.44. The van der Waals surface area contributed by atoms with Crippen LogP contribution in [0, 0.1) is 4.77 Å². The molecular formula is C7H15ClN4S. The molecule has 6 heteroatoms. The van der Waals surface area contributed by atoms with E-state index in [0.717, 1.165) is 12.2 Å². The number of hydrogen-bond donors (Lipinski definition) is 2. The summed E-state index contributed by atoms with van der Waals surface area (Å²) >= 11 is 5.07. The molecule has 0 saturated heterocycles. The highest BCUT2D eigenvalue weighted by Gasteiger charge is 2.07. The third kappa shape index (κ3) is 2.79. The zero-order valence-electron chi connectivity index (χ0n) is 7.78. The highest BCUT2D eigenvalue weighted by molar-refractivity contribution is 7.71. The molecule has 0 aliphatic rings. The topological polar surface area (TPSA) is 59.6 Å². The van der Waals surface area contributed by atoms with Gasteiger partial charge in [-0.25, -0.2) is 0 Å². The van der Waals surface area contributed by atoms with Crippen molar-refractivity contribution < 1.29 is 0 Å². The van der Waals surface area contributed by atoms with Crippen LogP contribution in [0.4, 0.5) is 0 Å². The van der Waals surface area contributed by atoms with Gasteiger partial charge in [-0.2, -0.15) is 5.10 Å². The molecule has 76 valence electrons. The van der Waals surface area contributed by atoms with Crippen LogP contribution in [-0.4, -0.2) is 21.3 Å². The standard InChI is InChI=1S/C7H14N4S.ClH/c1-5(2)11-6(3-4-8)9-10-7(11)12;/h5H,3-4,8H2,1-2H3,(H,10,12);1H. The number of nitrogens with two attached hydrogens (primary N) is 1. The average molecular weight is 223 g/mol. The van der Waals surface area contributed by atoms with Crippen LogP contribution in [0.15, 0.2) is 0 Å². The van der Waals surface area contributed by atoms with Crippen molar-refractivity contribution in [1.29, 1.82) is 0 Å². The SMILES string of the molecule is CC(C)n1c(CCN)n[nH]c1=S.Cl. The predicted octanol–water partition coefficient (Wildman–Crippen LogP) is 1.44. The fraction of sp³-hybridized carbons (Fsp3) is 0.714. The minimum Gasteiger partial charge on any atom is -0.330 e. The lowest BCUT2D eigenvalue weighted by atomic mass is 10.3. The van der Waals surface area contributed by atoms with E-state index in [-0.39, 0.29) is 12.4 Å². The van der Waals surface area contributed by atoms with E-state index in [1.54, 1.807) is 0 Å². The fourth-order valence-corrected chi connectivity index (χ4v) is 1.54. The zero-order chi connectivity index (χ0) is 9.14. The minimum absolute atomic E-state index is 0. The van der Waals surface area contributed by atoms with Crippen LogP contribution in [-0.2, 0) is 6.42 Å². The summed E-state index contributed by atoms with van der Waals surface area (Å²) in [6, 6.07) is 0.345. The Morgan fingerprint density at radius 1 is 1.62 bits per heavy atom. The minimum atomic E-state index is 0. The van der Waals surface area contributed by atoms with E-state index in [4.69, 9.17) is 18.0 Å². The Labute approximate surface area is 88.9 Å². The Balaban J connectivity index is 0.00000144. The predicted molar refractivity (Wildman–Crippen MR) is 57.8 cm³/mol. The fourth-order valence-electron chi connectivity index (χ4n) is 1.18. The van der Waals surface area contributed by atoms with E-state index < -0.39 is 0 Å². The van der Waals surface area contributed by atoms with Crippen LogP contribution in [0.2, 0.25) is 0 Å². The first-order chi connectivity index (χ1) is 5.66. The van der Waals surface area contributed by atoms with Gasteiger partial charge >= 0.3 is 0 Å². The molecule has 0 fully saturated rings. The van der Waals surface area contributed by atoms with Crippen molar-refractivity contribution in [2.24, 2.45) is 5.73 Å². The maximum atomic E-state index is 5.44. The van der Waals surface area contributed by atoms with Crippen LogP contribution in [0.5, 0.6) is 0 Å². The molecular weight excluding hydrogens is 208 g/mol. The van der Waals surface area contributed by atoms with Crippen molar-refractivity contribution in [2.75, 3.05) is 6.54 Å². The molecule has 13 heavy (non-hydrogen) atoms. The highest BCUT2D eigenvalue weighted by Crippen LogP contribution is 2.08. The van der Waals surface area contributed by atoms with Gasteiger partial charge in [-0.05, 0) is 32.6 Å². The molecule has 1 heterocycles. The van der Waals surface area contributed by atoms with E-state index in [0.29, 0.717) is 17.4 Å².